The fraction of sp³-hybridized carbons (Fsp3) is 0.333. The van der Waals surface area contributed by atoms with Crippen molar-refractivity contribution < 1.29 is 5.11 Å². The third kappa shape index (κ3) is 0.951. The third-order valence-corrected chi connectivity index (χ3v) is 2.23. The zero-order chi connectivity index (χ0) is 7.84. The summed E-state index contributed by atoms with van der Waals surface area (Å²) in [6.45, 7) is 0. The first-order valence-corrected chi connectivity index (χ1v) is 3.80. The fourth-order valence-corrected chi connectivity index (χ4v) is 1.60. The summed E-state index contributed by atoms with van der Waals surface area (Å²) in [6.07, 6.45) is 0.350. The minimum Gasteiger partial charge on any atom is -0.387 e. The van der Waals surface area contributed by atoms with Crippen LogP contribution in [0.1, 0.15) is 17.2 Å². The number of fused-ring (bicyclic) bond motifs is 1. The largest absolute Gasteiger partial charge is 0.387 e. The molecule has 0 heterocycles. The quantitative estimate of drug-likeness (QED) is 0.567. The van der Waals surface area contributed by atoms with Crippen LogP contribution < -0.4 is 5.73 Å². The van der Waals surface area contributed by atoms with Gasteiger partial charge in [0.15, 0.2) is 0 Å². The van der Waals surface area contributed by atoms with Crippen LogP contribution in [-0.2, 0) is 6.42 Å². The number of hydrogen-bond acceptors (Lipinski definition) is 2. The normalized spacial score (nSPS) is 28.5. The Morgan fingerprint density at radius 2 is 2.09 bits per heavy atom. The summed E-state index contributed by atoms with van der Waals surface area (Å²) < 4.78 is 0. The first-order chi connectivity index (χ1) is 5.29. The third-order valence-electron chi connectivity index (χ3n) is 2.23. The molecular weight excluding hydrogens is 138 g/mol. The highest BCUT2D eigenvalue weighted by Gasteiger charge is 2.26. The van der Waals surface area contributed by atoms with Crippen LogP contribution in [-0.4, -0.2) is 11.1 Å². The van der Waals surface area contributed by atoms with Crippen LogP contribution in [0, 0.1) is 0 Å². The molecule has 0 bridgehead atoms. The van der Waals surface area contributed by atoms with Gasteiger partial charge in [0.2, 0.25) is 0 Å². The highest BCUT2D eigenvalue weighted by Crippen LogP contribution is 2.29. The predicted octanol–water partition coefficient (Wildman–Crippen LogP) is 0.603. The summed E-state index contributed by atoms with van der Waals surface area (Å²) in [7, 11) is 0. The second kappa shape index (κ2) is 2.32. The van der Waals surface area contributed by atoms with E-state index in [-0.39, 0.29) is 6.04 Å². The lowest BCUT2D eigenvalue weighted by Gasteiger charge is -2.07. The smallest absolute Gasteiger partial charge is 0.0946 e. The van der Waals surface area contributed by atoms with Crippen molar-refractivity contribution in [2.45, 2.75) is 18.6 Å². The maximum absolute atomic E-state index is 9.52. The summed E-state index contributed by atoms with van der Waals surface area (Å²) in [5, 5.41) is 9.52. The van der Waals surface area contributed by atoms with E-state index in [0.29, 0.717) is 0 Å². The highest BCUT2D eigenvalue weighted by atomic mass is 16.3. The van der Waals surface area contributed by atoms with Gasteiger partial charge in [-0.3, -0.25) is 0 Å². The van der Waals surface area contributed by atoms with Crippen molar-refractivity contribution in [2.24, 2.45) is 5.73 Å². The Labute approximate surface area is 65.7 Å². The van der Waals surface area contributed by atoms with Crippen molar-refractivity contribution >= 4 is 0 Å². The lowest BCUT2D eigenvalue weighted by molar-refractivity contribution is 0.159. The molecule has 0 spiro atoms. The number of aliphatic hydroxyl groups excluding tert-OH is 1. The van der Waals surface area contributed by atoms with E-state index in [1.165, 1.54) is 5.56 Å². The van der Waals surface area contributed by atoms with E-state index < -0.39 is 6.10 Å². The molecule has 2 rings (SSSR count). The van der Waals surface area contributed by atoms with E-state index in [1.54, 1.807) is 0 Å². The van der Waals surface area contributed by atoms with Crippen LogP contribution in [0.3, 0.4) is 0 Å². The standard InChI is InChI=1S/C9H11NO/c10-8-5-6-3-1-2-4-7(6)9(8)11/h1-4,8-9,11H,5,10H2/t8?,9-/m0/s1. The van der Waals surface area contributed by atoms with E-state index in [0.717, 1.165) is 12.0 Å². The molecule has 58 valence electrons. The molecule has 0 saturated heterocycles. The molecule has 1 unspecified atom stereocenters. The molecule has 0 aliphatic heterocycles. The van der Waals surface area contributed by atoms with Gasteiger partial charge in [-0.15, -0.1) is 0 Å². The second-order valence-electron chi connectivity index (χ2n) is 3.01. The molecule has 11 heavy (non-hydrogen) atoms. The topological polar surface area (TPSA) is 46.2 Å². The van der Waals surface area contributed by atoms with Crippen LogP contribution in [0.2, 0.25) is 0 Å². The van der Waals surface area contributed by atoms with E-state index in [4.69, 9.17) is 5.73 Å². The van der Waals surface area contributed by atoms with E-state index in [9.17, 15) is 5.11 Å². The van der Waals surface area contributed by atoms with Crippen molar-refractivity contribution in [1.29, 1.82) is 0 Å². The van der Waals surface area contributed by atoms with Crippen LogP contribution in [0.15, 0.2) is 24.3 Å². The maximum atomic E-state index is 9.52. The molecule has 0 fully saturated rings. The minimum atomic E-state index is -0.453. The van der Waals surface area contributed by atoms with Crippen molar-refractivity contribution in [3.8, 4) is 0 Å². The minimum absolute atomic E-state index is 0.104. The van der Waals surface area contributed by atoms with Gasteiger partial charge in [0, 0.05) is 6.04 Å². The predicted molar refractivity (Wildman–Crippen MR) is 43.1 cm³/mol. The molecule has 1 aliphatic rings. The van der Waals surface area contributed by atoms with Gasteiger partial charge in [-0.25, -0.2) is 0 Å². The van der Waals surface area contributed by atoms with Gasteiger partial charge in [0.1, 0.15) is 0 Å². The van der Waals surface area contributed by atoms with Crippen LogP contribution in [0.25, 0.3) is 0 Å². The van der Waals surface area contributed by atoms with Crippen molar-refractivity contribution in [2.75, 3.05) is 0 Å². The summed E-state index contributed by atoms with van der Waals surface area (Å²) in [6, 6.07) is 7.76. The fourth-order valence-electron chi connectivity index (χ4n) is 1.60. The van der Waals surface area contributed by atoms with Gasteiger partial charge in [-0.2, -0.15) is 0 Å². The van der Waals surface area contributed by atoms with Gasteiger partial charge in [0.25, 0.3) is 0 Å². The SMILES string of the molecule is NC1Cc2ccccc2[C@@H]1O. The Kier molecular flexibility index (Phi) is 1.44. The molecule has 2 nitrogen and oxygen atoms in total. The zero-order valence-electron chi connectivity index (χ0n) is 6.20. The average Bonchev–Trinajstić information content (AvgIpc) is 2.30. The summed E-state index contributed by atoms with van der Waals surface area (Å²) in [5.41, 5.74) is 7.87. The van der Waals surface area contributed by atoms with Gasteiger partial charge in [-0.05, 0) is 17.5 Å². The first kappa shape index (κ1) is 6.83. The Hall–Kier alpha value is -0.860. The number of nitrogens with two attached hydrogens (primary N) is 1. The average molecular weight is 149 g/mol. The molecule has 0 saturated carbocycles. The molecule has 0 radical (unpaired) electrons. The summed E-state index contributed by atoms with van der Waals surface area (Å²) in [4.78, 5) is 0. The van der Waals surface area contributed by atoms with Crippen LogP contribution in [0.4, 0.5) is 0 Å². The lowest BCUT2D eigenvalue weighted by atomic mass is 10.1. The molecule has 1 aromatic rings. The summed E-state index contributed by atoms with van der Waals surface area (Å²) >= 11 is 0. The highest BCUT2D eigenvalue weighted by molar-refractivity contribution is 5.35. The van der Waals surface area contributed by atoms with E-state index in [2.05, 4.69) is 0 Å². The molecule has 2 atom stereocenters. The van der Waals surface area contributed by atoms with Crippen LogP contribution >= 0.6 is 0 Å². The lowest BCUT2D eigenvalue weighted by Crippen LogP contribution is -2.24. The number of aliphatic hydroxyl groups is 1. The van der Waals surface area contributed by atoms with Gasteiger partial charge < -0.3 is 10.8 Å². The number of benzene rings is 1. The Bertz CT molecular complexity index is 272. The van der Waals surface area contributed by atoms with Crippen molar-refractivity contribution in [1.82, 2.24) is 0 Å². The first-order valence-electron chi connectivity index (χ1n) is 3.80. The second-order valence-corrected chi connectivity index (χ2v) is 3.01. The maximum Gasteiger partial charge on any atom is 0.0946 e. The Morgan fingerprint density at radius 3 is 2.82 bits per heavy atom. The van der Waals surface area contributed by atoms with E-state index >= 15 is 0 Å². The molecule has 0 amide bonds. The van der Waals surface area contributed by atoms with Crippen molar-refractivity contribution in [3.05, 3.63) is 35.4 Å². The molecule has 0 aromatic heterocycles. The van der Waals surface area contributed by atoms with Gasteiger partial charge in [0.05, 0.1) is 6.10 Å². The number of rotatable bonds is 0. The number of hydrogen-bond donors (Lipinski definition) is 2. The molecule has 1 aliphatic carbocycles. The Balaban J connectivity index is 2.47. The molecule has 2 heteroatoms. The zero-order valence-corrected chi connectivity index (χ0v) is 6.20. The molecule has 1 aromatic carbocycles. The van der Waals surface area contributed by atoms with Gasteiger partial charge in [-0.1, -0.05) is 24.3 Å². The van der Waals surface area contributed by atoms with Gasteiger partial charge >= 0.3 is 0 Å². The Morgan fingerprint density at radius 1 is 1.36 bits per heavy atom. The summed E-state index contributed by atoms with van der Waals surface area (Å²) in [5.74, 6) is 0. The van der Waals surface area contributed by atoms with Crippen molar-refractivity contribution in [3.63, 3.8) is 0 Å². The molecule has 3 N–H and O–H groups in total. The monoisotopic (exact) mass is 149 g/mol. The molecular formula is C9H11NO. The van der Waals surface area contributed by atoms with Crippen LogP contribution in [0.5, 0.6) is 0 Å². The van der Waals surface area contributed by atoms with E-state index in [1.807, 2.05) is 24.3 Å².